The van der Waals surface area contributed by atoms with Gasteiger partial charge in [-0.25, -0.2) is 18.4 Å². The van der Waals surface area contributed by atoms with E-state index in [1.807, 2.05) is 0 Å². The van der Waals surface area contributed by atoms with Gasteiger partial charge in [0.15, 0.2) is 0 Å². The van der Waals surface area contributed by atoms with Crippen LogP contribution in [0.15, 0.2) is 30.4 Å². The third kappa shape index (κ3) is 4.80. The fourth-order valence-corrected chi connectivity index (χ4v) is 2.94. The summed E-state index contributed by atoms with van der Waals surface area (Å²) in [4.78, 5) is 25.5. The molecule has 0 spiro atoms. The Balaban J connectivity index is 2.35. The highest BCUT2D eigenvalue weighted by Crippen LogP contribution is 2.39. The molecule has 1 aromatic carbocycles. The van der Waals surface area contributed by atoms with Crippen molar-refractivity contribution in [2.24, 2.45) is 0 Å². The Morgan fingerprint density at radius 1 is 1.23 bits per heavy atom. The Bertz CT molecular complexity index is 712. The molecule has 0 aliphatic carbocycles. The van der Waals surface area contributed by atoms with E-state index < -0.39 is 41.4 Å². The minimum Gasteiger partial charge on any atom is -0.466 e. The number of benzene rings is 1. The summed E-state index contributed by atoms with van der Waals surface area (Å²) < 4.78 is 37.5. The summed E-state index contributed by atoms with van der Waals surface area (Å²) in [7, 11) is 1.25. The molecule has 1 fully saturated rings. The van der Waals surface area contributed by atoms with E-state index in [1.165, 1.54) is 30.2 Å². The highest BCUT2D eigenvalue weighted by molar-refractivity contribution is 5.82. The number of carbonyl (C=O) groups excluding carboxylic acids is 2. The molecule has 2 atom stereocenters. The maximum absolute atomic E-state index is 14.3. The molecule has 0 bridgehead atoms. The van der Waals surface area contributed by atoms with E-state index in [0.717, 1.165) is 12.1 Å². The highest BCUT2D eigenvalue weighted by Gasteiger charge is 2.40. The lowest BCUT2D eigenvalue weighted by atomic mass is 10.0. The van der Waals surface area contributed by atoms with Gasteiger partial charge in [0.1, 0.15) is 17.2 Å². The van der Waals surface area contributed by atoms with Gasteiger partial charge in [-0.05, 0) is 39.7 Å². The second-order valence-corrected chi connectivity index (χ2v) is 7.10. The number of hydrogen-bond donors (Lipinski definition) is 0. The number of carbonyl (C=O) groups is 2. The van der Waals surface area contributed by atoms with E-state index in [9.17, 15) is 18.4 Å². The third-order valence-electron chi connectivity index (χ3n) is 4.01. The van der Waals surface area contributed by atoms with Gasteiger partial charge in [0.25, 0.3) is 0 Å². The van der Waals surface area contributed by atoms with Crippen LogP contribution in [0.1, 0.15) is 45.2 Å². The van der Waals surface area contributed by atoms with Crippen molar-refractivity contribution in [3.05, 3.63) is 47.5 Å². The lowest BCUT2D eigenvalue weighted by Crippen LogP contribution is -2.40. The lowest BCUT2D eigenvalue weighted by Gasteiger charge is -2.32. The van der Waals surface area contributed by atoms with Crippen molar-refractivity contribution in [3.63, 3.8) is 0 Å². The summed E-state index contributed by atoms with van der Waals surface area (Å²) in [5.74, 6) is -1.96. The molecule has 2 rings (SSSR count). The summed E-state index contributed by atoms with van der Waals surface area (Å²) in [6.07, 6.45) is 3.11. The molecule has 5 nitrogen and oxygen atoms in total. The van der Waals surface area contributed by atoms with Crippen molar-refractivity contribution in [1.29, 1.82) is 0 Å². The van der Waals surface area contributed by atoms with Crippen molar-refractivity contribution in [2.75, 3.05) is 7.11 Å². The van der Waals surface area contributed by atoms with Gasteiger partial charge in [-0.3, -0.25) is 4.90 Å². The van der Waals surface area contributed by atoms with Crippen LogP contribution in [0.3, 0.4) is 0 Å². The number of nitrogens with zero attached hydrogens (tertiary/aromatic N) is 1. The van der Waals surface area contributed by atoms with Crippen LogP contribution in [0.5, 0.6) is 0 Å². The van der Waals surface area contributed by atoms with E-state index in [2.05, 4.69) is 4.74 Å². The second kappa shape index (κ2) is 7.85. The number of methoxy groups -OCH3 is 1. The molecular formula is C19H23F2NO4. The van der Waals surface area contributed by atoms with Crippen LogP contribution >= 0.6 is 0 Å². The molecule has 0 unspecified atom stereocenters. The fourth-order valence-electron chi connectivity index (χ4n) is 2.94. The van der Waals surface area contributed by atoms with Gasteiger partial charge in [0.2, 0.25) is 0 Å². The minimum absolute atomic E-state index is 0.214. The van der Waals surface area contributed by atoms with Crippen LogP contribution in [0, 0.1) is 11.6 Å². The number of likely N-dealkylation sites (tertiary alicyclic amines) is 1. The Hall–Kier alpha value is -2.44. The summed E-state index contributed by atoms with van der Waals surface area (Å²) >= 11 is 0. The molecule has 0 radical (unpaired) electrons. The van der Waals surface area contributed by atoms with Gasteiger partial charge >= 0.3 is 12.1 Å². The molecule has 0 saturated carbocycles. The largest absolute Gasteiger partial charge is 0.466 e. The molecule has 142 valence electrons. The normalized spacial score (nSPS) is 20.5. The average Bonchev–Trinajstić information content (AvgIpc) is 2.94. The Morgan fingerprint density at radius 2 is 1.92 bits per heavy atom. The third-order valence-corrected chi connectivity index (χ3v) is 4.01. The maximum atomic E-state index is 14.3. The molecule has 1 heterocycles. The quantitative estimate of drug-likeness (QED) is 0.595. The maximum Gasteiger partial charge on any atom is 0.411 e. The number of esters is 1. The van der Waals surface area contributed by atoms with E-state index in [4.69, 9.17) is 4.74 Å². The monoisotopic (exact) mass is 367 g/mol. The van der Waals surface area contributed by atoms with Gasteiger partial charge < -0.3 is 9.47 Å². The van der Waals surface area contributed by atoms with Crippen molar-refractivity contribution in [3.8, 4) is 0 Å². The second-order valence-electron chi connectivity index (χ2n) is 7.10. The number of halogens is 2. The molecule has 1 aliphatic rings. The van der Waals surface area contributed by atoms with E-state index in [-0.39, 0.29) is 5.56 Å². The standard InChI is InChI=1S/C19H23F2NO4/c1-19(2,3)26-18(24)22-13(7-10-17(23)25-4)6-9-16(22)14-8-5-12(20)11-15(14)21/h5,7-8,10-11,13,16H,6,9H2,1-4H3/b10-7+/t13-,16+/m1/s1. The van der Waals surface area contributed by atoms with Crippen LogP contribution in [0.4, 0.5) is 13.6 Å². The Kier molecular flexibility index (Phi) is 6.00. The van der Waals surface area contributed by atoms with Gasteiger partial charge in [0.05, 0.1) is 19.2 Å². The fraction of sp³-hybridized carbons (Fsp3) is 0.474. The van der Waals surface area contributed by atoms with Gasteiger partial charge in [-0.15, -0.1) is 0 Å². The first-order valence-corrected chi connectivity index (χ1v) is 8.35. The zero-order chi connectivity index (χ0) is 19.5. The van der Waals surface area contributed by atoms with Gasteiger partial charge in [0, 0.05) is 17.7 Å². The van der Waals surface area contributed by atoms with Gasteiger partial charge in [-0.2, -0.15) is 0 Å². The van der Waals surface area contributed by atoms with Crippen molar-refractivity contribution < 1.29 is 27.8 Å². The predicted molar refractivity (Wildman–Crippen MR) is 91.4 cm³/mol. The number of rotatable bonds is 3. The number of hydrogen-bond acceptors (Lipinski definition) is 4. The topological polar surface area (TPSA) is 55.8 Å². The first-order chi connectivity index (χ1) is 12.1. The van der Waals surface area contributed by atoms with Crippen molar-refractivity contribution >= 4 is 12.1 Å². The van der Waals surface area contributed by atoms with Crippen LogP contribution in [0.2, 0.25) is 0 Å². The van der Waals surface area contributed by atoms with Crippen LogP contribution in [-0.4, -0.2) is 35.7 Å². The van der Waals surface area contributed by atoms with Crippen molar-refractivity contribution in [1.82, 2.24) is 4.90 Å². The summed E-state index contributed by atoms with van der Waals surface area (Å²) in [5, 5.41) is 0. The van der Waals surface area contributed by atoms with E-state index >= 15 is 0 Å². The number of amides is 1. The Labute approximate surface area is 151 Å². The number of ether oxygens (including phenoxy) is 2. The molecule has 1 aromatic rings. The molecule has 0 aromatic heterocycles. The molecule has 1 saturated heterocycles. The molecule has 1 aliphatic heterocycles. The van der Waals surface area contributed by atoms with Crippen molar-refractivity contribution in [2.45, 2.75) is 51.3 Å². The molecule has 7 heteroatoms. The molecular weight excluding hydrogens is 344 g/mol. The lowest BCUT2D eigenvalue weighted by molar-refractivity contribution is -0.134. The van der Waals surface area contributed by atoms with Crippen LogP contribution in [0.25, 0.3) is 0 Å². The summed E-state index contributed by atoms with van der Waals surface area (Å²) in [5.41, 5.74) is -0.520. The smallest absolute Gasteiger partial charge is 0.411 e. The zero-order valence-electron chi connectivity index (χ0n) is 15.3. The highest BCUT2D eigenvalue weighted by atomic mass is 19.1. The van der Waals surface area contributed by atoms with Crippen LogP contribution in [-0.2, 0) is 14.3 Å². The zero-order valence-corrected chi connectivity index (χ0v) is 15.3. The first kappa shape index (κ1) is 19.9. The first-order valence-electron chi connectivity index (χ1n) is 8.35. The predicted octanol–water partition coefficient (Wildman–Crippen LogP) is 4.13. The average molecular weight is 367 g/mol. The van der Waals surface area contributed by atoms with Crippen LogP contribution < -0.4 is 0 Å². The van der Waals surface area contributed by atoms with E-state index in [1.54, 1.807) is 20.8 Å². The van der Waals surface area contributed by atoms with E-state index in [0.29, 0.717) is 12.8 Å². The molecule has 26 heavy (non-hydrogen) atoms. The summed E-state index contributed by atoms with van der Waals surface area (Å²) in [6.45, 7) is 5.19. The SMILES string of the molecule is COC(=O)/C=C/[C@H]1CC[C@@H](c2ccc(F)cc2F)N1C(=O)OC(C)(C)C. The molecule has 0 N–H and O–H groups in total. The molecule has 1 amide bonds. The Morgan fingerprint density at radius 3 is 2.50 bits per heavy atom. The summed E-state index contributed by atoms with van der Waals surface area (Å²) in [6, 6.07) is 2.21. The van der Waals surface area contributed by atoms with Gasteiger partial charge in [-0.1, -0.05) is 12.1 Å². The minimum atomic E-state index is -0.734.